The Bertz CT molecular complexity index is 1460. The van der Waals surface area contributed by atoms with E-state index in [9.17, 15) is 24.0 Å². The molecule has 9 heteroatoms. The van der Waals surface area contributed by atoms with Crippen molar-refractivity contribution in [1.29, 1.82) is 0 Å². The van der Waals surface area contributed by atoms with Gasteiger partial charge in [-0.1, -0.05) is 54.6 Å². The van der Waals surface area contributed by atoms with E-state index in [0.717, 1.165) is 22.9 Å². The number of H-pyrrole nitrogens is 1. The zero-order valence-electron chi connectivity index (χ0n) is 23.5. The molecule has 42 heavy (non-hydrogen) atoms. The lowest BCUT2D eigenvalue weighted by Crippen LogP contribution is -2.54. The van der Waals surface area contributed by atoms with Crippen LogP contribution in [-0.2, 0) is 25.7 Å². The van der Waals surface area contributed by atoms with Gasteiger partial charge in [-0.15, -0.1) is 6.58 Å². The molecule has 4 atom stereocenters. The van der Waals surface area contributed by atoms with Crippen molar-refractivity contribution in [2.24, 2.45) is 11.8 Å². The molecular weight excluding hydrogens is 532 g/mol. The Morgan fingerprint density at radius 3 is 2.55 bits per heavy atom. The molecule has 2 fully saturated rings. The zero-order chi connectivity index (χ0) is 29.6. The van der Waals surface area contributed by atoms with Gasteiger partial charge in [0.05, 0.1) is 6.04 Å². The van der Waals surface area contributed by atoms with Crippen LogP contribution in [0.3, 0.4) is 0 Å². The van der Waals surface area contributed by atoms with Crippen LogP contribution < -0.4 is 10.6 Å². The maximum absolute atomic E-state index is 13.8. The van der Waals surface area contributed by atoms with Crippen LogP contribution in [0.1, 0.15) is 54.6 Å². The molecule has 1 aromatic heterocycles. The van der Waals surface area contributed by atoms with E-state index in [-0.39, 0.29) is 30.6 Å². The number of amides is 3. The first-order valence-electron chi connectivity index (χ1n) is 14.5. The molecule has 2 aliphatic rings. The molecule has 3 N–H and O–H groups in total. The minimum absolute atomic E-state index is 0.0197. The van der Waals surface area contributed by atoms with Crippen LogP contribution in [0.15, 0.2) is 73.3 Å². The first-order chi connectivity index (χ1) is 20.3. The molecule has 5 rings (SSSR count). The summed E-state index contributed by atoms with van der Waals surface area (Å²) in [6, 6.07) is 16.5. The van der Waals surface area contributed by atoms with Crippen molar-refractivity contribution in [2.75, 3.05) is 6.54 Å². The van der Waals surface area contributed by atoms with E-state index in [1.165, 1.54) is 4.90 Å². The standard InChI is InChI=1S/C33H36N4O5/c1-2-9-22-16-28(37(20-22)33(42)27-17-23-12-6-7-14-25(23)35-27)31(40)36-26(18-24-13-8-15-29(24)38)30(39)32(41)34-19-21-10-4-3-5-11-21/h2-7,10-12,14,17,22,24,26,28,35H,1,8-9,13,15-16,18-20H2,(H,34,41)(H,36,40)/t22-,24+,26+,28+/m1/s1. The summed E-state index contributed by atoms with van der Waals surface area (Å²) in [5.74, 6) is -2.79. The second-order valence-electron chi connectivity index (χ2n) is 11.3. The number of benzene rings is 2. The van der Waals surface area contributed by atoms with Crippen molar-refractivity contribution < 1.29 is 24.0 Å². The number of carbonyl (C=O) groups excluding carboxylic acids is 5. The fraction of sp³-hybridized carbons (Fsp3) is 0.364. The third-order valence-electron chi connectivity index (χ3n) is 8.32. The number of aromatic nitrogens is 1. The third kappa shape index (κ3) is 6.51. The predicted octanol–water partition coefficient (Wildman–Crippen LogP) is 3.70. The lowest BCUT2D eigenvalue weighted by Gasteiger charge is -2.26. The maximum atomic E-state index is 13.8. The summed E-state index contributed by atoms with van der Waals surface area (Å²) in [5.41, 5.74) is 2.02. The zero-order valence-corrected chi connectivity index (χ0v) is 23.5. The molecule has 0 spiro atoms. The summed E-state index contributed by atoms with van der Waals surface area (Å²) in [5, 5.41) is 6.30. The maximum Gasteiger partial charge on any atom is 0.289 e. The van der Waals surface area contributed by atoms with Gasteiger partial charge in [-0.05, 0) is 55.7 Å². The Labute approximate surface area is 244 Å². The molecular formula is C33H36N4O5. The summed E-state index contributed by atoms with van der Waals surface area (Å²) >= 11 is 0. The van der Waals surface area contributed by atoms with Gasteiger partial charge in [0.25, 0.3) is 11.8 Å². The molecule has 1 aliphatic carbocycles. The normalized spacial score (nSPS) is 20.8. The summed E-state index contributed by atoms with van der Waals surface area (Å²) < 4.78 is 0. The van der Waals surface area contributed by atoms with Crippen molar-refractivity contribution in [3.8, 4) is 0 Å². The minimum atomic E-state index is -1.18. The van der Waals surface area contributed by atoms with Crippen molar-refractivity contribution in [2.45, 2.75) is 57.2 Å². The molecule has 0 bridgehead atoms. The van der Waals surface area contributed by atoms with Gasteiger partial charge in [-0.3, -0.25) is 24.0 Å². The van der Waals surface area contributed by atoms with Gasteiger partial charge in [0, 0.05) is 36.3 Å². The van der Waals surface area contributed by atoms with Crippen molar-refractivity contribution in [3.63, 3.8) is 0 Å². The lowest BCUT2D eigenvalue weighted by atomic mass is 9.94. The average Bonchev–Trinajstić information content (AvgIpc) is 3.74. The molecule has 0 radical (unpaired) electrons. The molecule has 1 saturated heterocycles. The lowest BCUT2D eigenvalue weighted by molar-refractivity contribution is -0.141. The Morgan fingerprint density at radius 2 is 1.83 bits per heavy atom. The number of carbonyl (C=O) groups is 5. The number of nitrogens with zero attached hydrogens (tertiary/aromatic N) is 1. The largest absolute Gasteiger partial charge is 0.351 e. The third-order valence-corrected chi connectivity index (χ3v) is 8.32. The Balaban J connectivity index is 1.34. The number of Topliss-reactive ketones (excluding diaryl/α,β-unsaturated/α-hetero) is 2. The SMILES string of the molecule is C=CC[C@@H]1C[C@@H](C(=O)N[C@@H](C[C@@H]2CCCC2=O)C(=O)C(=O)NCc2ccccc2)N(C(=O)c2cc3ccccc3[nH]2)C1. The number of ketones is 2. The van der Waals surface area contributed by atoms with Gasteiger partial charge in [0.1, 0.15) is 17.5 Å². The molecule has 9 nitrogen and oxygen atoms in total. The monoisotopic (exact) mass is 568 g/mol. The quantitative estimate of drug-likeness (QED) is 0.240. The number of likely N-dealkylation sites (tertiary alicyclic amines) is 1. The molecule has 1 saturated carbocycles. The Hall–Kier alpha value is -4.53. The van der Waals surface area contributed by atoms with Crippen LogP contribution in [0.5, 0.6) is 0 Å². The number of hydrogen-bond donors (Lipinski definition) is 3. The second kappa shape index (κ2) is 13.0. The molecule has 2 heterocycles. The number of hydrogen-bond acceptors (Lipinski definition) is 5. The first-order valence-corrected chi connectivity index (χ1v) is 14.5. The van der Waals surface area contributed by atoms with Gasteiger partial charge in [0.2, 0.25) is 11.7 Å². The summed E-state index contributed by atoms with van der Waals surface area (Å²) in [7, 11) is 0. The fourth-order valence-electron chi connectivity index (χ4n) is 6.09. The molecule has 0 unspecified atom stereocenters. The smallest absolute Gasteiger partial charge is 0.289 e. The molecule has 2 aromatic carbocycles. The van der Waals surface area contributed by atoms with E-state index >= 15 is 0 Å². The second-order valence-corrected chi connectivity index (χ2v) is 11.3. The number of aromatic amines is 1. The van der Waals surface area contributed by atoms with E-state index in [2.05, 4.69) is 22.2 Å². The summed E-state index contributed by atoms with van der Waals surface area (Å²) in [6.07, 6.45) is 4.61. The Morgan fingerprint density at radius 1 is 1.07 bits per heavy atom. The van der Waals surface area contributed by atoms with Gasteiger partial charge in [0.15, 0.2) is 0 Å². The van der Waals surface area contributed by atoms with Crippen LogP contribution in [0.2, 0.25) is 0 Å². The summed E-state index contributed by atoms with van der Waals surface area (Å²) in [6.45, 7) is 4.33. The fourth-order valence-corrected chi connectivity index (χ4v) is 6.09. The Kier molecular flexibility index (Phi) is 8.95. The van der Waals surface area contributed by atoms with Crippen LogP contribution in [0, 0.1) is 11.8 Å². The van der Waals surface area contributed by atoms with Crippen molar-refractivity contribution in [3.05, 3.63) is 84.6 Å². The van der Waals surface area contributed by atoms with Gasteiger partial charge in [-0.25, -0.2) is 0 Å². The number of rotatable bonds is 11. The van der Waals surface area contributed by atoms with Crippen LogP contribution in [-0.4, -0.2) is 57.8 Å². The highest BCUT2D eigenvalue weighted by atomic mass is 16.2. The topological polar surface area (TPSA) is 128 Å². The average molecular weight is 569 g/mol. The first kappa shape index (κ1) is 29.0. The van der Waals surface area contributed by atoms with Crippen LogP contribution >= 0.6 is 0 Å². The molecule has 3 amide bonds. The number of fused-ring (bicyclic) bond motifs is 1. The van der Waals surface area contributed by atoms with E-state index in [0.29, 0.717) is 37.9 Å². The highest BCUT2D eigenvalue weighted by molar-refractivity contribution is 6.38. The minimum Gasteiger partial charge on any atom is -0.351 e. The van der Waals surface area contributed by atoms with Gasteiger partial charge >= 0.3 is 0 Å². The molecule has 1 aliphatic heterocycles. The number of para-hydroxylation sites is 1. The highest BCUT2D eigenvalue weighted by Gasteiger charge is 2.42. The van der Waals surface area contributed by atoms with Crippen LogP contribution in [0.4, 0.5) is 0 Å². The van der Waals surface area contributed by atoms with Gasteiger partial charge < -0.3 is 20.5 Å². The summed E-state index contributed by atoms with van der Waals surface area (Å²) in [4.78, 5) is 70.9. The van der Waals surface area contributed by atoms with Crippen molar-refractivity contribution in [1.82, 2.24) is 20.5 Å². The number of allylic oxidation sites excluding steroid dienone is 1. The van der Waals surface area contributed by atoms with E-state index in [1.807, 2.05) is 54.6 Å². The van der Waals surface area contributed by atoms with E-state index in [1.54, 1.807) is 12.1 Å². The van der Waals surface area contributed by atoms with Gasteiger partial charge in [-0.2, -0.15) is 0 Å². The molecule has 218 valence electrons. The predicted molar refractivity (Wildman–Crippen MR) is 158 cm³/mol. The number of nitrogens with one attached hydrogen (secondary N) is 3. The molecule has 3 aromatic rings. The highest BCUT2D eigenvalue weighted by Crippen LogP contribution is 2.30. The van der Waals surface area contributed by atoms with Crippen molar-refractivity contribution >= 4 is 40.2 Å². The van der Waals surface area contributed by atoms with E-state index < -0.39 is 35.6 Å². The van der Waals surface area contributed by atoms with Crippen LogP contribution in [0.25, 0.3) is 10.9 Å². The van der Waals surface area contributed by atoms with E-state index in [4.69, 9.17) is 0 Å².